The van der Waals surface area contributed by atoms with Crippen LogP contribution in [-0.2, 0) is 9.59 Å². The van der Waals surface area contributed by atoms with E-state index in [2.05, 4.69) is 17.2 Å². The predicted molar refractivity (Wildman–Crippen MR) is 51.1 cm³/mol. The average molecular weight is 184 g/mol. The van der Waals surface area contributed by atoms with E-state index >= 15 is 0 Å². The molecule has 0 heterocycles. The van der Waals surface area contributed by atoms with E-state index in [9.17, 15) is 9.59 Å². The van der Waals surface area contributed by atoms with Crippen molar-refractivity contribution in [2.75, 3.05) is 6.54 Å². The number of carbonyl (C=O) groups excluding carboxylic acids is 2. The van der Waals surface area contributed by atoms with Gasteiger partial charge < -0.3 is 10.6 Å². The molecule has 4 nitrogen and oxygen atoms in total. The van der Waals surface area contributed by atoms with Gasteiger partial charge in [0, 0.05) is 12.6 Å². The highest BCUT2D eigenvalue weighted by Gasteiger charge is 2.13. The molecule has 13 heavy (non-hydrogen) atoms. The third-order valence-electron chi connectivity index (χ3n) is 1.60. The minimum Gasteiger partial charge on any atom is -0.345 e. The average Bonchev–Trinajstić information content (AvgIpc) is 2.13. The molecule has 0 saturated carbocycles. The third kappa shape index (κ3) is 5.00. The Bertz CT molecular complexity index is 202. The predicted octanol–water partition coefficient (Wildman–Crippen LogP) is 0.203. The highest BCUT2D eigenvalue weighted by Crippen LogP contribution is 1.86. The van der Waals surface area contributed by atoms with Gasteiger partial charge in [0.25, 0.3) is 0 Å². The van der Waals surface area contributed by atoms with Crippen LogP contribution < -0.4 is 10.6 Å². The number of rotatable bonds is 4. The van der Waals surface area contributed by atoms with Gasteiger partial charge in [0.15, 0.2) is 0 Å². The molecule has 0 spiro atoms. The van der Waals surface area contributed by atoms with Gasteiger partial charge in [0.05, 0.1) is 0 Å². The fraction of sp³-hybridized carbons (Fsp3) is 0.556. The van der Waals surface area contributed by atoms with Crippen molar-refractivity contribution in [2.45, 2.75) is 26.3 Å². The quantitative estimate of drug-likeness (QED) is 0.484. The molecular weight excluding hydrogens is 168 g/mol. The molecule has 0 aromatic carbocycles. The summed E-state index contributed by atoms with van der Waals surface area (Å²) in [5, 5.41) is 4.95. The lowest BCUT2D eigenvalue weighted by atomic mass is 10.2. The third-order valence-corrected chi connectivity index (χ3v) is 1.60. The van der Waals surface area contributed by atoms with E-state index in [-0.39, 0.29) is 6.04 Å². The molecule has 4 heteroatoms. The van der Waals surface area contributed by atoms with Crippen molar-refractivity contribution in [1.82, 2.24) is 10.6 Å². The van der Waals surface area contributed by atoms with Gasteiger partial charge in [-0.1, -0.05) is 13.0 Å². The SMILES string of the molecule is C=CCNC(=O)C(=O)N[C@@H](C)CC. The molecule has 0 aliphatic rings. The highest BCUT2D eigenvalue weighted by molar-refractivity contribution is 6.35. The van der Waals surface area contributed by atoms with Crippen LogP contribution >= 0.6 is 0 Å². The van der Waals surface area contributed by atoms with Gasteiger partial charge in [-0.15, -0.1) is 6.58 Å². The second-order valence-corrected chi connectivity index (χ2v) is 2.78. The standard InChI is InChI=1S/C9H16N2O2/c1-4-6-10-8(12)9(13)11-7(3)5-2/h4,7H,1,5-6H2,2-3H3,(H,10,12)(H,11,13)/t7-/m0/s1. The fourth-order valence-electron chi connectivity index (χ4n) is 0.637. The van der Waals surface area contributed by atoms with Crippen molar-refractivity contribution >= 4 is 11.8 Å². The summed E-state index contributed by atoms with van der Waals surface area (Å²) in [6.07, 6.45) is 2.33. The summed E-state index contributed by atoms with van der Waals surface area (Å²) >= 11 is 0. The first kappa shape index (κ1) is 11.7. The highest BCUT2D eigenvalue weighted by atomic mass is 16.2. The summed E-state index contributed by atoms with van der Waals surface area (Å²) in [5.41, 5.74) is 0. The first-order valence-corrected chi connectivity index (χ1v) is 4.31. The van der Waals surface area contributed by atoms with E-state index in [4.69, 9.17) is 0 Å². The zero-order valence-corrected chi connectivity index (χ0v) is 8.09. The molecule has 0 bridgehead atoms. The molecule has 0 aliphatic heterocycles. The summed E-state index contributed by atoms with van der Waals surface area (Å²) in [4.78, 5) is 22.0. The zero-order chi connectivity index (χ0) is 10.3. The summed E-state index contributed by atoms with van der Waals surface area (Å²) in [5.74, 6) is -1.20. The second-order valence-electron chi connectivity index (χ2n) is 2.78. The normalized spacial score (nSPS) is 11.5. The van der Waals surface area contributed by atoms with Crippen LogP contribution in [0.3, 0.4) is 0 Å². The Morgan fingerprint density at radius 3 is 2.54 bits per heavy atom. The van der Waals surface area contributed by atoms with Gasteiger partial charge in [-0.3, -0.25) is 9.59 Å². The lowest BCUT2D eigenvalue weighted by molar-refractivity contribution is -0.139. The maximum atomic E-state index is 11.1. The first-order chi connectivity index (χ1) is 6.11. The van der Waals surface area contributed by atoms with E-state index in [1.54, 1.807) is 0 Å². The van der Waals surface area contributed by atoms with Gasteiger partial charge in [-0.2, -0.15) is 0 Å². The molecule has 2 N–H and O–H groups in total. The Morgan fingerprint density at radius 2 is 2.08 bits per heavy atom. The first-order valence-electron chi connectivity index (χ1n) is 4.31. The molecule has 0 saturated heterocycles. The van der Waals surface area contributed by atoms with E-state index in [0.29, 0.717) is 6.54 Å². The summed E-state index contributed by atoms with van der Waals surface area (Å²) < 4.78 is 0. The molecule has 0 unspecified atom stereocenters. The Balaban J connectivity index is 3.82. The van der Waals surface area contributed by atoms with Crippen LogP contribution in [0.1, 0.15) is 20.3 Å². The molecule has 0 fully saturated rings. The number of hydrogen-bond acceptors (Lipinski definition) is 2. The lowest BCUT2D eigenvalue weighted by Crippen LogP contribution is -2.43. The number of carbonyl (C=O) groups is 2. The van der Waals surface area contributed by atoms with Crippen molar-refractivity contribution in [3.05, 3.63) is 12.7 Å². The molecular formula is C9H16N2O2. The topological polar surface area (TPSA) is 58.2 Å². The van der Waals surface area contributed by atoms with Gasteiger partial charge in [-0.25, -0.2) is 0 Å². The van der Waals surface area contributed by atoms with Gasteiger partial charge >= 0.3 is 11.8 Å². The van der Waals surface area contributed by atoms with Crippen LogP contribution in [0.15, 0.2) is 12.7 Å². The fourth-order valence-corrected chi connectivity index (χ4v) is 0.637. The summed E-state index contributed by atoms with van der Waals surface area (Å²) in [6.45, 7) is 7.52. The van der Waals surface area contributed by atoms with Crippen LogP contribution in [0.5, 0.6) is 0 Å². The molecule has 0 rings (SSSR count). The van der Waals surface area contributed by atoms with E-state index in [1.165, 1.54) is 6.08 Å². The van der Waals surface area contributed by atoms with E-state index in [1.807, 2.05) is 13.8 Å². The number of amides is 2. The molecule has 2 amide bonds. The monoisotopic (exact) mass is 184 g/mol. The lowest BCUT2D eigenvalue weighted by Gasteiger charge is -2.10. The minimum absolute atomic E-state index is 0.0296. The molecule has 0 radical (unpaired) electrons. The van der Waals surface area contributed by atoms with Crippen LogP contribution in [0.4, 0.5) is 0 Å². The summed E-state index contributed by atoms with van der Waals surface area (Å²) in [7, 11) is 0. The van der Waals surface area contributed by atoms with Crippen LogP contribution in [0.2, 0.25) is 0 Å². The number of hydrogen-bond donors (Lipinski definition) is 2. The van der Waals surface area contributed by atoms with Crippen molar-refractivity contribution < 1.29 is 9.59 Å². The van der Waals surface area contributed by atoms with Crippen LogP contribution in [-0.4, -0.2) is 24.4 Å². The second kappa shape index (κ2) is 6.22. The minimum atomic E-state index is -0.611. The zero-order valence-electron chi connectivity index (χ0n) is 8.09. The molecule has 0 aromatic heterocycles. The molecule has 1 atom stereocenters. The maximum absolute atomic E-state index is 11.1. The Kier molecular flexibility index (Phi) is 5.59. The Morgan fingerprint density at radius 1 is 1.46 bits per heavy atom. The summed E-state index contributed by atoms with van der Waals surface area (Å²) in [6, 6.07) is 0.0296. The van der Waals surface area contributed by atoms with Crippen LogP contribution in [0, 0.1) is 0 Å². The van der Waals surface area contributed by atoms with Crippen molar-refractivity contribution in [1.29, 1.82) is 0 Å². The number of nitrogens with one attached hydrogen (secondary N) is 2. The maximum Gasteiger partial charge on any atom is 0.309 e. The van der Waals surface area contributed by atoms with Crippen molar-refractivity contribution in [3.63, 3.8) is 0 Å². The largest absolute Gasteiger partial charge is 0.345 e. The molecule has 0 aliphatic carbocycles. The van der Waals surface area contributed by atoms with Crippen LogP contribution in [0.25, 0.3) is 0 Å². The molecule has 74 valence electrons. The van der Waals surface area contributed by atoms with E-state index < -0.39 is 11.8 Å². The van der Waals surface area contributed by atoms with Gasteiger partial charge in [0.1, 0.15) is 0 Å². The molecule has 0 aromatic rings. The van der Waals surface area contributed by atoms with Crippen molar-refractivity contribution in [2.24, 2.45) is 0 Å². The Labute approximate surface area is 78.4 Å². The van der Waals surface area contributed by atoms with Crippen molar-refractivity contribution in [3.8, 4) is 0 Å². The smallest absolute Gasteiger partial charge is 0.309 e. The van der Waals surface area contributed by atoms with Gasteiger partial charge in [0.2, 0.25) is 0 Å². The van der Waals surface area contributed by atoms with E-state index in [0.717, 1.165) is 6.42 Å². The van der Waals surface area contributed by atoms with Gasteiger partial charge in [-0.05, 0) is 13.3 Å². The Hall–Kier alpha value is -1.32.